The van der Waals surface area contributed by atoms with Gasteiger partial charge in [-0.05, 0) is 42.3 Å². The van der Waals surface area contributed by atoms with Crippen molar-refractivity contribution < 1.29 is 14.7 Å². The molecule has 24 heavy (non-hydrogen) atoms. The Morgan fingerprint density at radius 1 is 1.17 bits per heavy atom. The molecule has 1 unspecified atom stereocenters. The number of nitrogens with one attached hydrogen (secondary N) is 2. The molecule has 0 heterocycles. The molecule has 0 aromatic heterocycles. The van der Waals surface area contributed by atoms with Gasteiger partial charge in [0.1, 0.15) is 0 Å². The largest absolute Gasteiger partial charge is 0.387 e. The lowest BCUT2D eigenvalue weighted by atomic mass is 10.1. The Morgan fingerprint density at radius 3 is 2.46 bits per heavy atom. The SMILES string of the molecule is CC(=O)Nc1cc(C(=O)NCC(O)c2ccc(Cl)cc2)ccc1C. The molecule has 6 heteroatoms. The molecule has 0 fully saturated rings. The number of hydrogen-bond acceptors (Lipinski definition) is 3. The average Bonchev–Trinajstić information content (AvgIpc) is 2.54. The lowest BCUT2D eigenvalue weighted by molar-refractivity contribution is -0.114. The molecule has 1 atom stereocenters. The van der Waals surface area contributed by atoms with Crippen molar-refractivity contribution in [3.8, 4) is 0 Å². The van der Waals surface area contributed by atoms with Crippen LogP contribution in [-0.4, -0.2) is 23.5 Å². The monoisotopic (exact) mass is 346 g/mol. The van der Waals surface area contributed by atoms with Crippen molar-refractivity contribution in [2.45, 2.75) is 20.0 Å². The van der Waals surface area contributed by atoms with Gasteiger partial charge in [0.15, 0.2) is 0 Å². The van der Waals surface area contributed by atoms with Gasteiger partial charge in [-0.2, -0.15) is 0 Å². The van der Waals surface area contributed by atoms with Crippen LogP contribution in [0.5, 0.6) is 0 Å². The molecule has 0 saturated heterocycles. The summed E-state index contributed by atoms with van der Waals surface area (Å²) in [5.41, 5.74) is 2.53. The van der Waals surface area contributed by atoms with Crippen LogP contribution >= 0.6 is 11.6 Å². The summed E-state index contributed by atoms with van der Waals surface area (Å²) in [5.74, 6) is -0.525. The minimum absolute atomic E-state index is 0.0732. The maximum atomic E-state index is 12.2. The standard InChI is InChI=1S/C18H19ClN2O3/c1-11-3-4-14(9-16(11)21-12(2)22)18(24)20-10-17(23)13-5-7-15(19)8-6-13/h3-9,17,23H,10H2,1-2H3,(H,20,24)(H,21,22). The van der Waals surface area contributed by atoms with Crippen LogP contribution in [0.15, 0.2) is 42.5 Å². The minimum Gasteiger partial charge on any atom is -0.387 e. The smallest absolute Gasteiger partial charge is 0.251 e. The van der Waals surface area contributed by atoms with E-state index in [2.05, 4.69) is 10.6 Å². The first kappa shape index (κ1) is 18.0. The molecule has 0 spiro atoms. The molecule has 2 aromatic carbocycles. The fraction of sp³-hybridized carbons (Fsp3) is 0.222. The van der Waals surface area contributed by atoms with Crippen molar-refractivity contribution in [2.24, 2.45) is 0 Å². The van der Waals surface area contributed by atoms with Gasteiger partial charge in [-0.25, -0.2) is 0 Å². The van der Waals surface area contributed by atoms with E-state index in [0.29, 0.717) is 21.8 Å². The van der Waals surface area contributed by atoms with E-state index in [0.717, 1.165) is 5.56 Å². The average molecular weight is 347 g/mol. The lowest BCUT2D eigenvalue weighted by Gasteiger charge is -2.13. The van der Waals surface area contributed by atoms with Crippen molar-refractivity contribution in [2.75, 3.05) is 11.9 Å². The number of aliphatic hydroxyl groups excluding tert-OH is 1. The highest BCUT2D eigenvalue weighted by atomic mass is 35.5. The first-order valence-electron chi connectivity index (χ1n) is 7.47. The molecular weight excluding hydrogens is 328 g/mol. The first-order chi connectivity index (χ1) is 11.4. The number of halogens is 1. The number of anilines is 1. The number of carbonyl (C=O) groups is 2. The van der Waals surface area contributed by atoms with E-state index in [4.69, 9.17) is 11.6 Å². The molecule has 0 aliphatic heterocycles. The lowest BCUT2D eigenvalue weighted by Crippen LogP contribution is -2.28. The summed E-state index contributed by atoms with van der Waals surface area (Å²) < 4.78 is 0. The van der Waals surface area contributed by atoms with Crippen LogP contribution in [0.1, 0.15) is 34.5 Å². The number of rotatable bonds is 5. The molecule has 0 aliphatic carbocycles. The van der Waals surface area contributed by atoms with Crippen LogP contribution < -0.4 is 10.6 Å². The number of carbonyl (C=O) groups excluding carboxylic acids is 2. The predicted molar refractivity (Wildman–Crippen MR) is 94.2 cm³/mol. The fourth-order valence-corrected chi connectivity index (χ4v) is 2.31. The van der Waals surface area contributed by atoms with E-state index in [-0.39, 0.29) is 18.4 Å². The van der Waals surface area contributed by atoms with E-state index in [1.165, 1.54) is 6.92 Å². The van der Waals surface area contributed by atoms with Crippen LogP contribution in [0.4, 0.5) is 5.69 Å². The van der Waals surface area contributed by atoms with Gasteiger partial charge in [0.25, 0.3) is 5.91 Å². The Labute approximate surface area is 145 Å². The third-order valence-corrected chi connectivity index (χ3v) is 3.77. The van der Waals surface area contributed by atoms with Crippen LogP contribution in [0, 0.1) is 6.92 Å². The van der Waals surface area contributed by atoms with Crippen molar-refractivity contribution in [1.29, 1.82) is 0 Å². The zero-order valence-corrected chi connectivity index (χ0v) is 14.2. The van der Waals surface area contributed by atoms with Crippen LogP contribution in [0.3, 0.4) is 0 Å². The molecule has 0 radical (unpaired) electrons. The van der Waals surface area contributed by atoms with E-state index < -0.39 is 6.10 Å². The summed E-state index contributed by atoms with van der Waals surface area (Å²) in [4.78, 5) is 23.4. The second-order valence-electron chi connectivity index (χ2n) is 5.49. The molecule has 126 valence electrons. The van der Waals surface area contributed by atoms with Crippen LogP contribution in [-0.2, 0) is 4.79 Å². The van der Waals surface area contributed by atoms with Gasteiger partial charge in [0.05, 0.1) is 6.10 Å². The third kappa shape index (κ3) is 4.81. The highest BCUT2D eigenvalue weighted by molar-refractivity contribution is 6.30. The number of benzene rings is 2. The Hall–Kier alpha value is -2.37. The van der Waals surface area contributed by atoms with Crippen molar-refractivity contribution in [3.05, 3.63) is 64.2 Å². The van der Waals surface area contributed by atoms with Crippen molar-refractivity contribution in [1.82, 2.24) is 5.32 Å². The number of aliphatic hydroxyl groups is 1. The Kier molecular flexibility index (Phi) is 5.95. The first-order valence-corrected chi connectivity index (χ1v) is 7.84. The van der Waals surface area contributed by atoms with Crippen LogP contribution in [0.2, 0.25) is 5.02 Å². The number of aryl methyl sites for hydroxylation is 1. The van der Waals surface area contributed by atoms with Crippen molar-refractivity contribution in [3.63, 3.8) is 0 Å². The molecule has 5 nitrogen and oxygen atoms in total. The Bertz CT molecular complexity index is 744. The fourth-order valence-electron chi connectivity index (χ4n) is 2.18. The third-order valence-electron chi connectivity index (χ3n) is 3.52. The molecule has 3 N–H and O–H groups in total. The summed E-state index contributed by atoms with van der Waals surface area (Å²) in [6.45, 7) is 3.33. The second kappa shape index (κ2) is 7.95. The van der Waals surface area contributed by atoms with Gasteiger partial charge >= 0.3 is 0 Å². The van der Waals surface area contributed by atoms with Crippen molar-refractivity contribution >= 4 is 29.1 Å². The molecule has 0 aliphatic rings. The summed E-state index contributed by atoms with van der Waals surface area (Å²) in [6.07, 6.45) is -0.827. The topological polar surface area (TPSA) is 78.4 Å². The molecule has 2 aromatic rings. The number of amides is 2. The van der Waals surface area contributed by atoms with Gasteiger partial charge < -0.3 is 15.7 Å². The highest BCUT2D eigenvalue weighted by Gasteiger charge is 2.12. The summed E-state index contributed by atoms with van der Waals surface area (Å²) in [7, 11) is 0. The maximum absolute atomic E-state index is 12.2. The van der Waals surface area contributed by atoms with Gasteiger partial charge in [0.2, 0.25) is 5.91 Å². The van der Waals surface area contributed by atoms with E-state index in [1.807, 2.05) is 6.92 Å². The molecule has 0 saturated carbocycles. The van der Waals surface area contributed by atoms with Gasteiger partial charge in [-0.15, -0.1) is 0 Å². The maximum Gasteiger partial charge on any atom is 0.251 e. The quantitative estimate of drug-likeness (QED) is 0.778. The van der Waals surface area contributed by atoms with E-state index >= 15 is 0 Å². The van der Waals surface area contributed by atoms with E-state index in [1.54, 1.807) is 42.5 Å². The predicted octanol–water partition coefficient (Wildman–Crippen LogP) is 3.07. The highest BCUT2D eigenvalue weighted by Crippen LogP contribution is 2.18. The van der Waals surface area contributed by atoms with Gasteiger partial charge in [-0.1, -0.05) is 29.8 Å². The zero-order valence-electron chi connectivity index (χ0n) is 13.5. The Balaban J connectivity index is 2.01. The Morgan fingerprint density at radius 2 is 1.83 bits per heavy atom. The summed E-state index contributed by atoms with van der Waals surface area (Å²) >= 11 is 5.81. The van der Waals surface area contributed by atoms with Gasteiger partial charge in [0, 0.05) is 29.7 Å². The van der Waals surface area contributed by atoms with Crippen LogP contribution in [0.25, 0.3) is 0 Å². The molecule has 2 amide bonds. The summed E-state index contributed by atoms with van der Waals surface area (Å²) in [6, 6.07) is 11.8. The normalized spacial score (nSPS) is 11.7. The molecular formula is C18H19ClN2O3. The zero-order chi connectivity index (χ0) is 17.7. The van der Waals surface area contributed by atoms with Gasteiger partial charge in [-0.3, -0.25) is 9.59 Å². The van der Waals surface area contributed by atoms with E-state index in [9.17, 15) is 14.7 Å². The molecule has 0 bridgehead atoms. The molecule has 2 rings (SSSR count). The second-order valence-corrected chi connectivity index (χ2v) is 5.92. The minimum atomic E-state index is -0.827. The summed E-state index contributed by atoms with van der Waals surface area (Å²) in [5, 5.41) is 16.1. The number of hydrogen-bond donors (Lipinski definition) is 3.